The van der Waals surface area contributed by atoms with Gasteiger partial charge >= 0.3 is 0 Å². The maximum Gasteiger partial charge on any atom is 0.248 e. The third-order valence-corrected chi connectivity index (χ3v) is 6.19. The molecular weight excluding hydrogens is 434 g/mol. The molecule has 0 radical (unpaired) electrons. The number of carbonyl (C=O) groups excluding carboxylic acids is 1. The van der Waals surface area contributed by atoms with E-state index in [0.717, 1.165) is 11.3 Å². The van der Waals surface area contributed by atoms with E-state index >= 15 is 0 Å². The van der Waals surface area contributed by atoms with E-state index < -0.39 is 10.0 Å². The highest BCUT2D eigenvalue weighted by atomic mass is 35.5. The van der Waals surface area contributed by atoms with Crippen molar-refractivity contribution in [3.8, 4) is 0 Å². The van der Waals surface area contributed by atoms with Crippen LogP contribution in [-0.4, -0.2) is 21.4 Å². The number of halogens is 1. The van der Waals surface area contributed by atoms with Crippen LogP contribution in [0.15, 0.2) is 83.8 Å². The summed E-state index contributed by atoms with van der Waals surface area (Å²) >= 11 is 6.33. The van der Waals surface area contributed by atoms with Crippen molar-refractivity contribution in [2.24, 2.45) is 0 Å². The minimum Gasteiger partial charge on any atom is -0.380 e. The number of benzene rings is 3. The molecule has 3 aromatic carbocycles. The molecule has 6 nitrogen and oxygen atoms in total. The van der Waals surface area contributed by atoms with Gasteiger partial charge in [-0.2, -0.15) is 0 Å². The molecule has 0 spiro atoms. The molecule has 8 heteroatoms. The van der Waals surface area contributed by atoms with Crippen LogP contribution in [0.5, 0.6) is 0 Å². The number of carbonyl (C=O) groups is 1. The highest BCUT2D eigenvalue weighted by Gasteiger charge is 2.10. The van der Waals surface area contributed by atoms with E-state index in [0.29, 0.717) is 22.8 Å². The molecule has 0 aliphatic carbocycles. The predicted octanol–water partition coefficient (Wildman–Crippen LogP) is 4.51. The molecule has 0 unspecified atom stereocenters. The van der Waals surface area contributed by atoms with E-state index in [2.05, 4.69) is 15.4 Å². The lowest BCUT2D eigenvalue weighted by Crippen LogP contribution is -2.18. The summed E-state index contributed by atoms with van der Waals surface area (Å²) in [7, 11) is -2.13. The van der Waals surface area contributed by atoms with Crippen LogP contribution in [0.3, 0.4) is 0 Å². The molecule has 3 N–H and O–H groups in total. The molecule has 0 aliphatic heterocycles. The first-order chi connectivity index (χ1) is 14.9. The van der Waals surface area contributed by atoms with Crippen molar-refractivity contribution in [3.05, 3.63) is 95.0 Å². The molecule has 0 bridgehead atoms. The van der Waals surface area contributed by atoms with Gasteiger partial charge in [0, 0.05) is 18.3 Å². The Morgan fingerprint density at radius 3 is 2.35 bits per heavy atom. The molecule has 0 aliphatic rings. The summed E-state index contributed by atoms with van der Waals surface area (Å²) in [6, 6.07) is 21.4. The third-order valence-electron chi connectivity index (χ3n) is 4.45. The van der Waals surface area contributed by atoms with Crippen LogP contribution in [0.4, 0.5) is 11.4 Å². The monoisotopic (exact) mass is 455 g/mol. The topological polar surface area (TPSA) is 87.3 Å². The number of hydrogen-bond donors (Lipinski definition) is 3. The summed E-state index contributed by atoms with van der Waals surface area (Å²) in [5, 5.41) is 6.52. The Morgan fingerprint density at radius 2 is 1.71 bits per heavy atom. The second kappa shape index (κ2) is 10.3. The van der Waals surface area contributed by atoms with Crippen molar-refractivity contribution < 1.29 is 13.2 Å². The molecule has 160 valence electrons. The van der Waals surface area contributed by atoms with E-state index in [-0.39, 0.29) is 10.8 Å². The summed E-state index contributed by atoms with van der Waals surface area (Å²) in [6.45, 7) is 0.642. The van der Waals surface area contributed by atoms with Gasteiger partial charge in [-0.25, -0.2) is 13.1 Å². The lowest BCUT2D eigenvalue weighted by molar-refractivity contribution is -0.111. The standard InChI is InChI=1S/C23H22ClN3O3S/c1-25-31(29,30)20-11-7-17(8-12-20)9-14-23(28)27-19-10-13-22(21(24)15-19)26-16-18-5-3-2-4-6-18/h2-15,25-26H,16H2,1H3,(H,27,28)/b14-9+. The fourth-order valence-electron chi connectivity index (χ4n) is 2.76. The van der Waals surface area contributed by atoms with Gasteiger partial charge < -0.3 is 10.6 Å². The van der Waals surface area contributed by atoms with E-state index in [4.69, 9.17) is 11.6 Å². The number of hydrogen-bond acceptors (Lipinski definition) is 4. The molecule has 1 amide bonds. The maximum atomic E-state index is 12.2. The van der Waals surface area contributed by atoms with Gasteiger partial charge in [-0.05, 0) is 54.6 Å². The first kappa shape index (κ1) is 22.6. The van der Waals surface area contributed by atoms with Crippen LogP contribution in [0.25, 0.3) is 6.08 Å². The van der Waals surface area contributed by atoms with Crippen LogP contribution >= 0.6 is 11.6 Å². The van der Waals surface area contributed by atoms with Crippen LogP contribution in [-0.2, 0) is 21.4 Å². The van der Waals surface area contributed by atoms with Gasteiger partial charge in [-0.3, -0.25) is 4.79 Å². The third kappa shape index (κ3) is 6.42. The molecule has 3 aromatic rings. The maximum absolute atomic E-state index is 12.2. The smallest absolute Gasteiger partial charge is 0.248 e. The second-order valence-corrected chi connectivity index (χ2v) is 8.93. The van der Waals surface area contributed by atoms with E-state index in [1.54, 1.807) is 30.3 Å². The zero-order valence-corrected chi connectivity index (χ0v) is 18.4. The fourth-order valence-corrected chi connectivity index (χ4v) is 3.74. The Kier molecular flexibility index (Phi) is 7.46. The van der Waals surface area contributed by atoms with Crippen molar-refractivity contribution in [2.75, 3.05) is 17.7 Å². The van der Waals surface area contributed by atoms with Gasteiger partial charge in [0.1, 0.15) is 0 Å². The van der Waals surface area contributed by atoms with Crippen LogP contribution in [0.2, 0.25) is 5.02 Å². The minimum absolute atomic E-state index is 0.159. The number of amides is 1. The molecule has 0 saturated heterocycles. The number of nitrogens with one attached hydrogen (secondary N) is 3. The lowest BCUT2D eigenvalue weighted by Gasteiger charge is -2.10. The summed E-state index contributed by atoms with van der Waals surface area (Å²) in [6.07, 6.45) is 2.97. The summed E-state index contributed by atoms with van der Waals surface area (Å²) in [4.78, 5) is 12.4. The van der Waals surface area contributed by atoms with Gasteiger partial charge in [0.15, 0.2) is 0 Å². The first-order valence-electron chi connectivity index (χ1n) is 9.47. The Hall–Kier alpha value is -3.13. The van der Waals surface area contributed by atoms with Crippen molar-refractivity contribution >= 4 is 45.0 Å². The molecule has 0 heterocycles. The molecule has 31 heavy (non-hydrogen) atoms. The van der Waals surface area contributed by atoms with E-state index in [1.165, 1.54) is 25.3 Å². The van der Waals surface area contributed by atoms with E-state index in [9.17, 15) is 13.2 Å². The van der Waals surface area contributed by atoms with Gasteiger partial charge in [-0.1, -0.05) is 54.1 Å². The average Bonchev–Trinajstić information content (AvgIpc) is 2.78. The fraction of sp³-hybridized carbons (Fsp3) is 0.0870. The molecule has 0 saturated carbocycles. The quantitative estimate of drug-likeness (QED) is 0.436. The largest absolute Gasteiger partial charge is 0.380 e. The highest BCUT2D eigenvalue weighted by molar-refractivity contribution is 7.89. The zero-order valence-electron chi connectivity index (χ0n) is 16.8. The van der Waals surface area contributed by atoms with Gasteiger partial charge in [0.25, 0.3) is 0 Å². The van der Waals surface area contributed by atoms with Gasteiger partial charge in [-0.15, -0.1) is 0 Å². The Bertz CT molecular complexity index is 1180. The van der Waals surface area contributed by atoms with Crippen LogP contribution in [0.1, 0.15) is 11.1 Å². The summed E-state index contributed by atoms with van der Waals surface area (Å²) in [5.74, 6) is -0.326. The molecular formula is C23H22ClN3O3S. The van der Waals surface area contributed by atoms with Gasteiger partial charge in [0.05, 0.1) is 15.6 Å². The Morgan fingerprint density at radius 1 is 1.00 bits per heavy atom. The number of rotatable bonds is 8. The van der Waals surface area contributed by atoms with Crippen LogP contribution in [0, 0.1) is 0 Å². The number of sulfonamides is 1. The first-order valence-corrected chi connectivity index (χ1v) is 11.3. The average molecular weight is 456 g/mol. The Labute approximate surface area is 187 Å². The zero-order chi connectivity index (χ0) is 22.3. The van der Waals surface area contributed by atoms with Gasteiger partial charge in [0.2, 0.25) is 15.9 Å². The highest BCUT2D eigenvalue weighted by Crippen LogP contribution is 2.26. The van der Waals surface area contributed by atoms with Crippen LogP contribution < -0.4 is 15.4 Å². The van der Waals surface area contributed by atoms with Crippen molar-refractivity contribution in [3.63, 3.8) is 0 Å². The Balaban J connectivity index is 1.58. The second-order valence-electron chi connectivity index (χ2n) is 6.63. The van der Waals surface area contributed by atoms with Crippen molar-refractivity contribution in [1.82, 2.24) is 4.72 Å². The molecule has 3 rings (SSSR count). The van der Waals surface area contributed by atoms with E-state index in [1.807, 2.05) is 36.4 Å². The molecule has 0 fully saturated rings. The minimum atomic E-state index is -3.49. The molecule has 0 atom stereocenters. The predicted molar refractivity (Wildman–Crippen MR) is 126 cm³/mol. The lowest BCUT2D eigenvalue weighted by atomic mass is 10.2. The molecule has 0 aromatic heterocycles. The van der Waals surface area contributed by atoms with Crippen molar-refractivity contribution in [1.29, 1.82) is 0 Å². The SMILES string of the molecule is CNS(=O)(=O)c1ccc(/C=C/C(=O)Nc2ccc(NCc3ccccc3)c(Cl)c2)cc1. The summed E-state index contributed by atoms with van der Waals surface area (Å²) in [5.41, 5.74) is 3.18. The number of anilines is 2. The van der Waals surface area contributed by atoms with Crippen molar-refractivity contribution in [2.45, 2.75) is 11.4 Å². The normalized spacial score (nSPS) is 11.4. The summed E-state index contributed by atoms with van der Waals surface area (Å²) < 4.78 is 25.7.